The molecule has 0 aliphatic carbocycles. The van der Waals surface area contributed by atoms with Crippen molar-refractivity contribution >= 4 is 17.6 Å². The molecule has 0 aromatic heterocycles. The number of carboxylic acids is 1. The first-order chi connectivity index (χ1) is 4.20. The van der Waals surface area contributed by atoms with Crippen LogP contribution in [0.5, 0.6) is 0 Å². The molecule has 0 radical (unpaired) electrons. The van der Waals surface area contributed by atoms with Crippen molar-refractivity contribution < 1.29 is 15.2 Å². The second kappa shape index (κ2) is 2.54. The van der Waals surface area contributed by atoms with Crippen molar-refractivity contribution in [3.05, 3.63) is 0 Å². The maximum Gasteiger partial charge on any atom is 0.362 e. The molecule has 0 bridgehead atoms. The number of halogens is 1. The Morgan fingerprint density at radius 3 is 2.67 bits per heavy atom. The lowest BCUT2D eigenvalue weighted by atomic mass is 10.2. The number of quaternary nitrogens is 1. The first-order valence-electron chi connectivity index (χ1n) is 2.90. The molecule has 1 rings (SSSR count). The fraction of sp³-hybridized carbons (Fsp3) is 0.800. The Labute approximate surface area is 58.0 Å². The van der Waals surface area contributed by atoms with E-state index < -0.39 is 5.97 Å². The van der Waals surface area contributed by atoms with E-state index in [2.05, 4.69) is 0 Å². The maximum absolute atomic E-state index is 10.3. The minimum Gasteiger partial charge on any atom is -0.477 e. The zero-order valence-corrected chi connectivity index (χ0v) is 5.64. The van der Waals surface area contributed by atoms with Gasteiger partial charge in [0.25, 0.3) is 0 Å². The molecule has 3 nitrogen and oxygen atoms in total. The normalized spacial score (nSPS) is 34.8. The molecule has 1 heterocycles. The van der Waals surface area contributed by atoms with Crippen LogP contribution in [0.3, 0.4) is 0 Å². The largest absolute Gasteiger partial charge is 0.477 e. The highest BCUT2D eigenvalue weighted by atomic mass is 35.5. The number of aliphatic carboxylic acids is 1. The van der Waals surface area contributed by atoms with Crippen molar-refractivity contribution in [3.63, 3.8) is 0 Å². The maximum atomic E-state index is 10.3. The fourth-order valence-electron chi connectivity index (χ4n) is 0.982. The second-order valence-corrected chi connectivity index (χ2v) is 2.87. The van der Waals surface area contributed by atoms with Crippen LogP contribution in [0.4, 0.5) is 0 Å². The molecule has 0 amide bonds. The van der Waals surface area contributed by atoms with Gasteiger partial charge in [-0.15, -0.1) is 11.6 Å². The summed E-state index contributed by atoms with van der Waals surface area (Å²) < 4.78 is 0. The van der Waals surface area contributed by atoms with Crippen LogP contribution < -0.4 is 5.32 Å². The first kappa shape index (κ1) is 6.83. The van der Waals surface area contributed by atoms with Crippen LogP contribution in [0, 0.1) is 0 Å². The van der Waals surface area contributed by atoms with Crippen molar-refractivity contribution in [1.29, 1.82) is 0 Å². The number of hydrogen-bond acceptors (Lipinski definition) is 1. The Kier molecular flexibility index (Phi) is 1.93. The number of rotatable bonds is 1. The lowest BCUT2D eigenvalue weighted by Gasteiger charge is -1.96. The highest BCUT2D eigenvalue weighted by molar-refractivity contribution is 6.21. The predicted octanol–water partition coefficient (Wildman–Crippen LogP) is -0.986. The van der Waals surface area contributed by atoms with Gasteiger partial charge in [-0.25, -0.2) is 4.79 Å². The molecular weight excluding hydrogens is 142 g/mol. The third-order valence-corrected chi connectivity index (χ3v) is 1.86. The SMILES string of the molecule is O=C(O)[C@@H]1C[C@H](Cl)C[NH2+]1. The molecule has 1 saturated heterocycles. The third kappa shape index (κ3) is 1.56. The van der Waals surface area contributed by atoms with Crippen LogP contribution in [-0.4, -0.2) is 29.0 Å². The van der Waals surface area contributed by atoms with Gasteiger partial charge in [-0.3, -0.25) is 0 Å². The van der Waals surface area contributed by atoms with Crippen molar-refractivity contribution in [3.8, 4) is 0 Å². The van der Waals surface area contributed by atoms with Gasteiger partial charge in [-0.05, 0) is 0 Å². The van der Waals surface area contributed by atoms with Gasteiger partial charge in [-0.2, -0.15) is 0 Å². The number of alkyl halides is 1. The summed E-state index contributed by atoms with van der Waals surface area (Å²) in [4.78, 5) is 10.3. The van der Waals surface area contributed by atoms with Gasteiger partial charge < -0.3 is 10.4 Å². The summed E-state index contributed by atoms with van der Waals surface area (Å²) >= 11 is 5.66. The number of carbonyl (C=O) groups is 1. The monoisotopic (exact) mass is 150 g/mol. The first-order valence-corrected chi connectivity index (χ1v) is 3.34. The predicted molar refractivity (Wildman–Crippen MR) is 32.5 cm³/mol. The van der Waals surface area contributed by atoms with Crippen LogP contribution in [0.25, 0.3) is 0 Å². The molecule has 1 aliphatic heterocycles. The smallest absolute Gasteiger partial charge is 0.362 e. The Hall–Kier alpha value is -0.280. The van der Waals surface area contributed by atoms with Crippen molar-refractivity contribution in [2.45, 2.75) is 17.8 Å². The zero-order valence-electron chi connectivity index (χ0n) is 4.88. The van der Waals surface area contributed by atoms with Crippen LogP contribution in [0.15, 0.2) is 0 Å². The van der Waals surface area contributed by atoms with E-state index in [9.17, 15) is 4.79 Å². The highest BCUT2D eigenvalue weighted by Crippen LogP contribution is 2.05. The molecule has 0 spiro atoms. The van der Waals surface area contributed by atoms with E-state index in [1.54, 1.807) is 5.32 Å². The zero-order chi connectivity index (χ0) is 6.85. The Morgan fingerprint density at radius 2 is 2.44 bits per heavy atom. The molecule has 0 unspecified atom stereocenters. The van der Waals surface area contributed by atoms with Crippen molar-refractivity contribution in [2.24, 2.45) is 0 Å². The molecule has 1 aliphatic rings. The highest BCUT2D eigenvalue weighted by Gasteiger charge is 2.31. The molecule has 0 saturated carbocycles. The summed E-state index contributed by atoms with van der Waals surface area (Å²) in [6.45, 7) is 0.735. The molecule has 4 heteroatoms. The standard InChI is InChI=1S/C5H8ClNO2/c6-3-1-4(5(8)9)7-2-3/h3-4,7H,1-2H2,(H,8,9)/p+1/t3-,4-/m0/s1. The molecule has 3 N–H and O–H groups in total. The molecular formula is C5H9ClNO2+. The van der Waals surface area contributed by atoms with Gasteiger partial charge in [0.1, 0.15) is 0 Å². The van der Waals surface area contributed by atoms with E-state index in [0.29, 0.717) is 6.42 Å². The number of hydrogen-bond donors (Lipinski definition) is 2. The van der Waals surface area contributed by atoms with Gasteiger partial charge in [-0.1, -0.05) is 0 Å². The van der Waals surface area contributed by atoms with E-state index in [4.69, 9.17) is 16.7 Å². The summed E-state index contributed by atoms with van der Waals surface area (Å²) in [5.41, 5.74) is 0. The Bertz CT molecular complexity index is 128. The minimum atomic E-state index is -0.752. The van der Waals surface area contributed by atoms with E-state index >= 15 is 0 Å². The number of carboxylic acid groups (broad SMARTS) is 1. The van der Waals surface area contributed by atoms with Gasteiger partial charge in [0.2, 0.25) is 0 Å². The van der Waals surface area contributed by atoms with Crippen LogP contribution in [-0.2, 0) is 4.79 Å². The molecule has 9 heavy (non-hydrogen) atoms. The molecule has 52 valence electrons. The average Bonchev–Trinajstić information content (AvgIpc) is 2.14. The quantitative estimate of drug-likeness (QED) is 0.472. The van der Waals surface area contributed by atoms with E-state index in [1.807, 2.05) is 0 Å². The van der Waals surface area contributed by atoms with Gasteiger partial charge >= 0.3 is 5.97 Å². The average molecular weight is 151 g/mol. The Balaban J connectivity index is 2.39. The summed E-state index contributed by atoms with van der Waals surface area (Å²) in [6, 6.07) is -0.299. The summed E-state index contributed by atoms with van der Waals surface area (Å²) in [7, 11) is 0. The van der Waals surface area contributed by atoms with Crippen molar-refractivity contribution in [1.82, 2.24) is 0 Å². The van der Waals surface area contributed by atoms with Crippen LogP contribution in [0.2, 0.25) is 0 Å². The fourth-order valence-corrected chi connectivity index (χ4v) is 1.28. The molecule has 0 aromatic rings. The van der Waals surface area contributed by atoms with Crippen LogP contribution >= 0.6 is 11.6 Å². The molecule has 1 fully saturated rings. The van der Waals surface area contributed by atoms with E-state index in [0.717, 1.165) is 6.54 Å². The van der Waals surface area contributed by atoms with Gasteiger partial charge in [0, 0.05) is 6.42 Å². The summed E-state index contributed by atoms with van der Waals surface area (Å²) in [5.74, 6) is -0.752. The van der Waals surface area contributed by atoms with Gasteiger partial charge in [0.15, 0.2) is 6.04 Å². The summed E-state index contributed by atoms with van der Waals surface area (Å²) in [6.07, 6.45) is 0.594. The van der Waals surface area contributed by atoms with E-state index in [-0.39, 0.29) is 11.4 Å². The second-order valence-electron chi connectivity index (χ2n) is 2.25. The summed E-state index contributed by atoms with van der Waals surface area (Å²) in [5, 5.41) is 10.3. The number of nitrogens with two attached hydrogens (primary N) is 1. The minimum absolute atomic E-state index is 0.0473. The lowest BCUT2D eigenvalue weighted by molar-refractivity contribution is -0.658. The molecule has 0 aromatic carbocycles. The van der Waals surface area contributed by atoms with Crippen LogP contribution in [0.1, 0.15) is 6.42 Å². The topological polar surface area (TPSA) is 53.9 Å². The molecule has 2 atom stereocenters. The third-order valence-electron chi connectivity index (χ3n) is 1.50. The van der Waals surface area contributed by atoms with Gasteiger partial charge in [0.05, 0.1) is 11.9 Å². The van der Waals surface area contributed by atoms with E-state index in [1.165, 1.54) is 0 Å². The van der Waals surface area contributed by atoms with Crippen molar-refractivity contribution in [2.75, 3.05) is 6.54 Å². The Morgan fingerprint density at radius 1 is 1.78 bits per heavy atom. The lowest BCUT2D eigenvalue weighted by Crippen LogP contribution is -2.88.